The number of carbonyl (C=O) groups is 2. The van der Waals surface area contributed by atoms with E-state index in [2.05, 4.69) is 15.6 Å². The van der Waals surface area contributed by atoms with Crippen LogP contribution in [0.4, 0.5) is 5.82 Å². The van der Waals surface area contributed by atoms with Crippen LogP contribution in [0.2, 0.25) is 0 Å². The summed E-state index contributed by atoms with van der Waals surface area (Å²) in [6, 6.07) is 6.49. The molecule has 20 heavy (non-hydrogen) atoms. The van der Waals surface area contributed by atoms with Crippen molar-refractivity contribution in [3.63, 3.8) is 0 Å². The topological polar surface area (TPSA) is 71.1 Å². The number of carbonyl (C=O) groups excluding carboxylic acids is 2. The first-order chi connectivity index (χ1) is 9.56. The van der Waals surface area contributed by atoms with Crippen LogP contribution in [0.15, 0.2) is 35.8 Å². The van der Waals surface area contributed by atoms with E-state index in [9.17, 15) is 9.59 Å². The van der Waals surface area contributed by atoms with Crippen molar-refractivity contribution in [3.05, 3.63) is 46.3 Å². The van der Waals surface area contributed by atoms with E-state index in [1.807, 2.05) is 18.4 Å². The highest BCUT2D eigenvalue weighted by molar-refractivity contribution is 7.12. The van der Waals surface area contributed by atoms with E-state index in [1.54, 1.807) is 31.3 Å². The van der Waals surface area contributed by atoms with E-state index < -0.39 is 6.04 Å². The smallest absolute Gasteiger partial charge is 0.261 e. The minimum absolute atomic E-state index is 0.250. The van der Waals surface area contributed by atoms with Crippen LogP contribution >= 0.6 is 11.3 Å². The van der Waals surface area contributed by atoms with Crippen LogP contribution in [-0.2, 0) is 4.79 Å². The number of hydrogen-bond donors (Lipinski definition) is 2. The molecule has 104 valence electrons. The summed E-state index contributed by atoms with van der Waals surface area (Å²) in [7, 11) is 0. The number of thiophene rings is 1. The second-order valence-corrected chi connectivity index (χ2v) is 5.33. The van der Waals surface area contributed by atoms with Crippen LogP contribution < -0.4 is 10.6 Å². The molecule has 0 aromatic carbocycles. The first-order valence-electron chi connectivity index (χ1n) is 6.14. The fraction of sp³-hybridized carbons (Fsp3) is 0.214. The average Bonchev–Trinajstić information content (AvgIpc) is 2.92. The van der Waals surface area contributed by atoms with Crippen molar-refractivity contribution in [1.29, 1.82) is 0 Å². The lowest BCUT2D eigenvalue weighted by Crippen LogP contribution is -2.41. The maximum Gasteiger partial charge on any atom is 0.261 e. The van der Waals surface area contributed by atoms with Gasteiger partial charge in [0.1, 0.15) is 11.9 Å². The molecule has 6 heteroatoms. The van der Waals surface area contributed by atoms with Crippen molar-refractivity contribution < 1.29 is 9.59 Å². The quantitative estimate of drug-likeness (QED) is 0.906. The minimum Gasteiger partial charge on any atom is -0.340 e. The Kier molecular flexibility index (Phi) is 4.47. The third-order valence-corrected chi connectivity index (χ3v) is 3.52. The number of pyridine rings is 1. The Morgan fingerprint density at radius 3 is 2.80 bits per heavy atom. The van der Waals surface area contributed by atoms with Gasteiger partial charge >= 0.3 is 0 Å². The van der Waals surface area contributed by atoms with Gasteiger partial charge in [0, 0.05) is 6.20 Å². The van der Waals surface area contributed by atoms with E-state index >= 15 is 0 Å². The fourth-order valence-electron chi connectivity index (χ4n) is 1.58. The Morgan fingerprint density at radius 1 is 1.35 bits per heavy atom. The number of rotatable bonds is 4. The number of aryl methyl sites for hydroxylation is 1. The highest BCUT2D eigenvalue weighted by atomic mass is 32.1. The number of hydrogen-bond acceptors (Lipinski definition) is 4. The van der Waals surface area contributed by atoms with Gasteiger partial charge in [0.25, 0.3) is 5.91 Å². The SMILES string of the molecule is Cc1ccnc(NC(=O)[C@@H](C)NC(=O)c2cccs2)c1. The monoisotopic (exact) mass is 289 g/mol. The predicted molar refractivity (Wildman–Crippen MR) is 78.9 cm³/mol. The van der Waals surface area contributed by atoms with Crippen LogP contribution in [0.1, 0.15) is 22.2 Å². The maximum atomic E-state index is 12.0. The van der Waals surface area contributed by atoms with E-state index in [-0.39, 0.29) is 11.8 Å². The van der Waals surface area contributed by atoms with Gasteiger partial charge in [-0.25, -0.2) is 4.98 Å². The van der Waals surface area contributed by atoms with Crippen molar-refractivity contribution >= 4 is 29.0 Å². The number of aromatic nitrogens is 1. The zero-order valence-electron chi connectivity index (χ0n) is 11.2. The molecular weight excluding hydrogens is 274 g/mol. The summed E-state index contributed by atoms with van der Waals surface area (Å²) in [5.41, 5.74) is 1.01. The standard InChI is InChI=1S/C14H15N3O2S/c1-9-5-6-15-12(8-9)17-13(18)10(2)16-14(19)11-4-3-7-20-11/h3-8,10H,1-2H3,(H,16,19)(H,15,17,18)/t10-/m1/s1. The molecule has 2 aromatic heterocycles. The number of amides is 2. The summed E-state index contributed by atoms with van der Waals surface area (Å²) in [5, 5.41) is 7.14. The van der Waals surface area contributed by atoms with Crippen molar-refractivity contribution in [1.82, 2.24) is 10.3 Å². The van der Waals surface area contributed by atoms with Gasteiger partial charge in [-0.2, -0.15) is 0 Å². The molecule has 2 rings (SSSR count). The zero-order valence-corrected chi connectivity index (χ0v) is 12.0. The van der Waals surface area contributed by atoms with Gasteiger partial charge in [-0.1, -0.05) is 6.07 Å². The lowest BCUT2D eigenvalue weighted by Gasteiger charge is -2.13. The van der Waals surface area contributed by atoms with Crippen LogP contribution in [0, 0.1) is 6.92 Å². The zero-order chi connectivity index (χ0) is 14.5. The van der Waals surface area contributed by atoms with Gasteiger partial charge in [-0.05, 0) is 43.0 Å². The molecule has 0 aliphatic rings. The minimum atomic E-state index is -0.632. The van der Waals surface area contributed by atoms with Crippen molar-refractivity contribution in [2.75, 3.05) is 5.32 Å². The van der Waals surface area contributed by atoms with Gasteiger partial charge in [0.15, 0.2) is 0 Å². The van der Waals surface area contributed by atoms with Crippen LogP contribution in [0.3, 0.4) is 0 Å². The Hall–Kier alpha value is -2.21. The second kappa shape index (κ2) is 6.29. The summed E-state index contributed by atoms with van der Waals surface area (Å²) >= 11 is 1.33. The molecular formula is C14H15N3O2S. The molecule has 0 radical (unpaired) electrons. The molecule has 2 amide bonds. The van der Waals surface area contributed by atoms with Crippen molar-refractivity contribution in [2.45, 2.75) is 19.9 Å². The molecule has 0 aliphatic heterocycles. The lowest BCUT2D eigenvalue weighted by molar-refractivity contribution is -0.117. The third-order valence-electron chi connectivity index (χ3n) is 2.65. The van der Waals surface area contributed by atoms with Crippen molar-refractivity contribution in [2.24, 2.45) is 0 Å². The molecule has 2 N–H and O–H groups in total. The summed E-state index contributed by atoms with van der Waals surface area (Å²) in [4.78, 5) is 28.4. The van der Waals surface area contributed by atoms with Gasteiger partial charge in [-0.15, -0.1) is 11.3 Å². The maximum absolute atomic E-state index is 12.0. The fourth-order valence-corrected chi connectivity index (χ4v) is 2.21. The molecule has 2 heterocycles. The molecule has 0 saturated carbocycles. The molecule has 0 aliphatic carbocycles. The van der Waals surface area contributed by atoms with E-state index in [4.69, 9.17) is 0 Å². The third kappa shape index (κ3) is 3.64. The first kappa shape index (κ1) is 14.2. The average molecular weight is 289 g/mol. The largest absolute Gasteiger partial charge is 0.340 e. The predicted octanol–water partition coefficient (Wildman–Crippen LogP) is 2.21. The summed E-state index contributed by atoms with van der Waals surface area (Å²) in [5.74, 6) is -0.0694. The molecule has 2 aromatic rings. The summed E-state index contributed by atoms with van der Waals surface area (Å²) in [6.45, 7) is 3.55. The molecule has 5 nitrogen and oxygen atoms in total. The van der Waals surface area contributed by atoms with Gasteiger partial charge in [-0.3, -0.25) is 9.59 Å². The normalized spacial score (nSPS) is 11.7. The number of nitrogens with zero attached hydrogens (tertiary/aromatic N) is 1. The first-order valence-corrected chi connectivity index (χ1v) is 7.02. The lowest BCUT2D eigenvalue weighted by atomic mass is 10.2. The Morgan fingerprint density at radius 2 is 2.15 bits per heavy atom. The number of anilines is 1. The second-order valence-electron chi connectivity index (χ2n) is 4.38. The molecule has 0 spiro atoms. The van der Waals surface area contributed by atoms with Crippen LogP contribution in [0.25, 0.3) is 0 Å². The summed E-state index contributed by atoms with van der Waals surface area (Å²) in [6.07, 6.45) is 1.62. The van der Waals surface area contributed by atoms with Crippen molar-refractivity contribution in [3.8, 4) is 0 Å². The highest BCUT2D eigenvalue weighted by Gasteiger charge is 2.17. The van der Waals surface area contributed by atoms with Crippen LogP contribution in [-0.4, -0.2) is 22.8 Å². The Balaban J connectivity index is 1.94. The van der Waals surface area contributed by atoms with E-state index in [1.165, 1.54) is 11.3 Å². The van der Waals surface area contributed by atoms with Crippen LogP contribution in [0.5, 0.6) is 0 Å². The van der Waals surface area contributed by atoms with Gasteiger partial charge < -0.3 is 10.6 Å². The molecule has 0 bridgehead atoms. The van der Waals surface area contributed by atoms with Gasteiger partial charge in [0.2, 0.25) is 5.91 Å². The summed E-state index contributed by atoms with van der Waals surface area (Å²) < 4.78 is 0. The van der Waals surface area contributed by atoms with Gasteiger partial charge in [0.05, 0.1) is 4.88 Å². The Labute approximate surface area is 121 Å². The Bertz CT molecular complexity index is 611. The van der Waals surface area contributed by atoms with E-state index in [0.29, 0.717) is 10.7 Å². The molecule has 0 fully saturated rings. The number of nitrogens with one attached hydrogen (secondary N) is 2. The van der Waals surface area contributed by atoms with E-state index in [0.717, 1.165) is 5.56 Å². The molecule has 1 atom stereocenters. The highest BCUT2D eigenvalue weighted by Crippen LogP contribution is 2.09. The molecule has 0 saturated heterocycles. The molecule has 0 unspecified atom stereocenters.